The summed E-state index contributed by atoms with van der Waals surface area (Å²) in [5.74, 6) is -0.128. The molecule has 1 aliphatic heterocycles. The van der Waals surface area contributed by atoms with Crippen molar-refractivity contribution in [2.75, 3.05) is 56.2 Å². The van der Waals surface area contributed by atoms with E-state index in [2.05, 4.69) is 15.2 Å². The van der Waals surface area contributed by atoms with E-state index in [9.17, 15) is 18.0 Å². The smallest absolute Gasteiger partial charge is 0.410 e. The minimum absolute atomic E-state index is 0.283. The summed E-state index contributed by atoms with van der Waals surface area (Å²) in [5, 5.41) is 2.57. The summed E-state index contributed by atoms with van der Waals surface area (Å²) in [6.45, 7) is 7.62. The predicted molar refractivity (Wildman–Crippen MR) is 110 cm³/mol. The van der Waals surface area contributed by atoms with E-state index in [1.807, 2.05) is 26.8 Å². The van der Waals surface area contributed by atoms with Crippen molar-refractivity contribution in [1.82, 2.24) is 14.2 Å². The van der Waals surface area contributed by atoms with Crippen LogP contribution in [0.4, 0.5) is 16.3 Å². The first-order valence-electron chi connectivity index (χ1n) is 9.25. The minimum atomic E-state index is -3.42. The number of carbonyl (C=O) groups excluding carboxylic acids is 2. The second-order valence-corrected chi connectivity index (χ2v) is 10.0. The number of carbonyl (C=O) groups is 2. The van der Waals surface area contributed by atoms with E-state index in [4.69, 9.17) is 4.74 Å². The third kappa shape index (κ3) is 7.17. The molecule has 10 nitrogen and oxygen atoms in total. The molecule has 0 aromatic carbocycles. The van der Waals surface area contributed by atoms with Crippen molar-refractivity contribution in [3.63, 3.8) is 0 Å². The van der Waals surface area contributed by atoms with Gasteiger partial charge in [-0.15, -0.1) is 0 Å². The van der Waals surface area contributed by atoms with E-state index < -0.39 is 21.5 Å². The van der Waals surface area contributed by atoms with Gasteiger partial charge in [-0.25, -0.2) is 18.2 Å². The van der Waals surface area contributed by atoms with Crippen LogP contribution in [0, 0.1) is 0 Å². The molecule has 1 aromatic rings. The number of aromatic nitrogens is 1. The lowest BCUT2D eigenvalue weighted by Crippen LogP contribution is -2.50. The number of piperazine rings is 1. The Morgan fingerprint density at radius 1 is 1.21 bits per heavy atom. The Bertz CT molecular complexity index is 827. The highest BCUT2D eigenvalue weighted by Gasteiger charge is 2.26. The molecule has 2 amide bonds. The number of rotatable bonds is 5. The van der Waals surface area contributed by atoms with Gasteiger partial charge in [-0.05, 0) is 32.9 Å². The Balaban J connectivity index is 1.87. The summed E-state index contributed by atoms with van der Waals surface area (Å²) in [5.41, 5.74) is 0.356. The van der Waals surface area contributed by atoms with Crippen LogP contribution in [-0.4, -0.2) is 86.2 Å². The van der Waals surface area contributed by atoms with E-state index in [0.717, 1.165) is 16.2 Å². The van der Waals surface area contributed by atoms with E-state index in [0.29, 0.717) is 32.0 Å². The predicted octanol–water partition coefficient (Wildman–Crippen LogP) is 0.969. The van der Waals surface area contributed by atoms with Gasteiger partial charge in [-0.2, -0.15) is 4.31 Å². The second-order valence-electron chi connectivity index (χ2n) is 7.92. The monoisotopic (exact) mass is 427 g/mol. The zero-order valence-electron chi connectivity index (χ0n) is 17.5. The second kappa shape index (κ2) is 8.95. The quantitative estimate of drug-likeness (QED) is 0.745. The van der Waals surface area contributed by atoms with Gasteiger partial charge in [0.15, 0.2) is 0 Å². The molecular weight excluding hydrogens is 398 g/mol. The summed E-state index contributed by atoms with van der Waals surface area (Å²) in [4.78, 5) is 32.1. The van der Waals surface area contributed by atoms with Crippen LogP contribution in [0.3, 0.4) is 0 Å². The lowest BCUT2D eigenvalue weighted by molar-refractivity contribution is -0.116. The van der Waals surface area contributed by atoms with Crippen LogP contribution in [0.5, 0.6) is 0 Å². The molecule has 0 radical (unpaired) electrons. The highest BCUT2D eigenvalue weighted by atomic mass is 32.2. The average Bonchev–Trinajstić information content (AvgIpc) is 2.60. The highest BCUT2D eigenvalue weighted by Crippen LogP contribution is 2.18. The molecule has 2 rings (SSSR count). The topological polar surface area (TPSA) is 112 Å². The molecule has 1 N–H and O–H groups in total. The minimum Gasteiger partial charge on any atom is -0.444 e. The van der Waals surface area contributed by atoms with Crippen LogP contribution in [0.1, 0.15) is 20.8 Å². The number of nitrogens with zero attached hydrogens (tertiary/aromatic N) is 4. The number of nitrogens with one attached hydrogen (secondary N) is 1. The van der Waals surface area contributed by atoms with Crippen molar-refractivity contribution in [3.8, 4) is 0 Å². The van der Waals surface area contributed by atoms with E-state index in [1.165, 1.54) is 7.05 Å². The van der Waals surface area contributed by atoms with E-state index in [1.54, 1.807) is 17.2 Å². The Morgan fingerprint density at radius 2 is 1.83 bits per heavy atom. The summed E-state index contributed by atoms with van der Waals surface area (Å²) < 4.78 is 29.1. The summed E-state index contributed by atoms with van der Waals surface area (Å²) in [6, 6.07) is 3.49. The molecule has 0 bridgehead atoms. The highest BCUT2D eigenvalue weighted by molar-refractivity contribution is 7.88. The molecule has 162 valence electrons. The molecule has 1 fully saturated rings. The summed E-state index contributed by atoms with van der Waals surface area (Å²) >= 11 is 0. The van der Waals surface area contributed by atoms with Crippen molar-refractivity contribution in [3.05, 3.63) is 18.3 Å². The van der Waals surface area contributed by atoms with Crippen molar-refractivity contribution in [2.45, 2.75) is 26.4 Å². The molecule has 0 aliphatic carbocycles. The normalized spacial score (nSPS) is 15.4. The van der Waals surface area contributed by atoms with E-state index >= 15 is 0 Å². The number of ether oxygens (including phenoxy) is 1. The number of anilines is 2. The Hall–Kier alpha value is -2.40. The zero-order valence-corrected chi connectivity index (χ0v) is 18.3. The van der Waals surface area contributed by atoms with Gasteiger partial charge in [-0.1, -0.05) is 0 Å². The van der Waals surface area contributed by atoms with Crippen LogP contribution in [0.15, 0.2) is 18.3 Å². The summed E-state index contributed by atoms with van der Waals surface area (Å²) in [6.07, 6.45) is 2.36. The van der Waals surface area contributed by atoms with Crippen LogP contribution in [0.25, 0.3) is 0 Å². The van der Waals surface area contributed by atoms with Gasteiger partial charge < -0.3 is 19.9 Å². The average molecular weight is 428 g/mol. The lowest BCUT2D eigenvalue weighted by atomic mass is 10.2. The van der Waals surface area contributed by atoms with Crippen LogP contribution >= 0.6 is 0 Å². The van der Waals surface area contributed by atoms with Gasteiger partial charge in [0.1, 0.15) is 11.4 Å². The van der Waals surface area contributed by atoms with Gasteiger partial charge in [0.25, 0.3) is 0 Å². The molecule has 0 unspecified atom stereocenters. The lowest BCUT2D eigenvalue weighted by Gasteiger charge is -2.36. The van der Waals surface area contributed by atoms with Crippen molar-refractivity contribution < 1.29 is 22.7 Å². The van der Waals surface area contributed by atoms with Crippen molar-refractivity contribution >= 4 is 33.5 Å². The third-order valence-electron chi connectivity index (χ3n) is 4.24. The largest absolute Gasteiger partial charge is 0.444 e. The van der Waals surface area contributed by atoms with Gasteiger partial charge in [-0.3, -0.25) is 4.79 Å². The van der Waals surface area contributed by atoms with Crippen LogP contribution in [0.2, 0.25) is 0 Å². The van der Waals surface area contributed by atoms with Gasteiger partial charge in [0.2, 0.25) is 15.9 Å². The Kier molecular flexibility index (Phi) is 7.06. The molecule has 0 saturated carbocycles. The standard InChI is InChI=1S/C18H29N5O5S/c1-18(2,3)28-17(25)23-10-8-22(9-11-23)14-6-7-15(19-12-14)20-16(24)13-21(4)29(5,26)27/h6-7,12H,8-11,13H2,1-5H3,(H,19,20,24). The van der Waals surface area contributed by atoms with Crippen molar-refractivity contribution in [1.29, 1.82) is 0 Å². The van der Waals surface area contributed by atoms with Gasteiger partial charge in [0, 0.05) is 33.2 Å². The van der Waals surface area contributed by atoms with Crippen molar-refractivity contribution in [2.24, 2.45) is 0 Å². The van der Waals surface area contributed by atoms with Gasteiger partial charge >= 0.3 is 6.09 Å². The first-order chi connectivity index (χ1) is 13.3. The fourth-order valence-electron chi connectivity index (χ4n) is 2.62. The van der Waals surface area contributed by atoms with Gasteiger partial charge in [0.05, 0.1) is 24.7 Å². The maximum atomic E-state index is 12.1. The Labute approximate surface area is 171 Å². The zero-order chi connectivity index (χ0) is 21.8. The molecule has 2 heterocycles. The van der Waals surface area contributed by atoms with Crippen LogP contribution in [-0.2, 0) is 19.6 Å². The molecule has 11 heteroatoms. The number of hydrogen-bond acceptors (Lipinski definition) is 7. The molecule has 1 aliphatic rings. The number of pyridine rings is 1. The number of likely N-dealkylation sites (N-methyl/N-ethyl adjacent to an activating group) is 1. The number of hydrogen-bond donors (Lipinski definition) is 1. The maximum Gasteiger partial charge on any atom is 0.410 e. The first kappa shape index (κ1) is 22.9. The molecule has 1 saturated heterocycles. The first-order valence-corrected chi connectivity index (χ1v) is 11.1. The molecule has 0 atom stereocenters. The summed E-state index contributed by atoms with van der Waals surface area (Å²) in [7, 11) is -2.09. The SMILES string of the molecule is CN(CC(=O)Nc1ccc(N2CCN(C(=O)OC(C)(C)C)CC2)cn1)S(C)(=O)=O. The fourth-order valence-corrected chi connectivity index (χ4v) is 2.97. The fraction of sp³-hybridized carbons (Fsp3) is 0.611. The molecular formula is C18H29N5O5S. The maximum absolute atomic E-state index is 12.1. The number of sulfonamides is 1. The third-order valence-corrected chi connectivity index (χ3v) is 5.51. The molecule has 0 spiro atoms. The molecule has 29 heavy (non-hydrogen) atoms. The number of amides is 2. The Morgan fingerprint density at radius 3 is 2.31 bits per heavy atom. The van der Waals surface area contributed by atoms with Crippen LogP contribution < -0.4 is 10.2 Å². The van der Waals surface area contributed by atoms with E-state index in [-0.39, 0.29) is 12.6 Å². The molecule has 1 aromatic heterocycles.